The molecule has 31 aromatic carbocycles. The quantitative estimate of drug-likeness (QED) is 0.0613. The van der Waals surface area contributed by atoms with Gasteiger partial charge in [0, 0.05) is 15.6 Å². The van der Waals surface area contributed by atoms with E-state index in [9.17, 15) is 9.59 Å². The van der Waals surface area contributed by atoms with Gasteiger partial charge in [0.1, 0.15) is 11.9 Å². The van der Waals surface area contributed by atoms with E-state index in [-0.39, 0.29) is 46.9 Å². The van der Waals surface area contributed by atoms with Gasteiger partial charge in [0.05, 0.1) is 54.3 Å². The number of halogens is 2. The number of nitrogens with one attached hydrogen (secondary N) is 1. The Balaban J connectivity index is 0.00000469. The molecule has 0 saturated carbocycles. The monoisotopic (exact) mass is 1380 g/mol. The Morgan fingerprint density at radius 1 is 0.469 bits per heavy atom. The Morgan fingerprint density at radius 2 is 0.792 bits per heavy atom. The lowest BCUT2D eigenvalue weighted by Gasteiger charge is -2.49. The van der Waals surface area contributed by atoms with Crippen LogP contribution in [0, 0.1) is 6.92 Å². The molecule has 4 aliphatic carbocycles. The number of likely N-dealkylation sites (N-methyl/N-ethyl adjacent to an activating group) is 1. The summed E-state index contributed by atoms with van der Waals surface area (Å²) in [6.07, 6.45) is 1.81. The van der Waals surface area contributed by atoms with Crippen molar-refractivity contribution in [2.75, 3.05) is 20.6 Å². The number of fused-ring (bicyclic) bond motifs is 1. The van der Waals surface area contributed by atoms with Gasteiger partial charge in [-0.15, -0.1) is 0 Å². The number of nitrogens with zero attached hydrogens (tertiary/aromatic N) is 4. The second-order valence-corrected chi connectivity index (χ2v) is 33.6. The van der Waals surface area contributed by atoms with Gasteiger partial charge in [-0.3, -0.25) is 14.2 Å². The van der Waals surface area contributed by atoms with E-state index in [4.69, 9.17) is 4.98 Å². The number of hydrazone groups is 1. The fraction of sp³-hybridized carbons (Fsp3) is 0.0805. The van der Waals surface area contributed by atoms with Crippen LogP contribution >= 0.6 is 15.9 Å². The highest BCUT2D eigenvalue weighted by Crippen LogP contribution is 2.87. The summed E-state index contributed by atoms with van der Waals surface area (Å²) in [7, 11) is 5.29. The van der Waals surface area contributed by atoms with E-state index in [1.54, 1.807) is 354 Å². The molecule has 0 radical (unpaired) electrons. The van der Waals surface area contributed by atoms with Crippen LogP contribution in [-0.4, -0.2) is 46.8 Å². The molecule has 1 aliphatic heterocycles. The SMILES string of the molecule is Cc1nc2ccc(Br)cc2c(=O)n1-c1ccc(C(=O)N/N=C/c2ccc(C3C45c6c7c8c9c%10c%11c(c%12c%13c4c4c6c6c%14c7c7c8c8c%10c%10c%15c%11c%11c%12c%12c%13c%13c4c4c6c6c%14c%14c7c7c8c%10c8c%10c%15c%11c%11c%12c%12c%13c4c4c6c6c%14c7c8c7c%10c%11c%12c4c67)C95C[N+]3(C)C)cc2)cc1.[I-]. The van der Waals surface area contributed by atoms with Crippen molar-refractivity contribution in [2.45, 2.75) is 23.8 Å². The second kappa shape index (κ2) is 10.8. The summed E-state index contributed by atoms with van der Waals surface area (Å²) in [6, 6.07) is 22.2. The Hall–Kier alpha value is -10.4. The minimum absolute atomic E-state index is 0. The van der Waals surface area contributed by atoms with Crippen LogP contribution in [0.1, 0.15) is 55.6 Å². The van der Waals surface area contributed by atoms with E-state index in [2.05, 4.69) is 64.8 Å². The van der Waals surface area contributed by atoms with Crippen LogP contribution in [0.5, 0.6) is 0 Å². The zero-order chi connectivity index (χ0) is 59.2. The van der Waals surface area contributed by atoms with E-state index in [0.29, 0.717) is 28.0 Å². The van der Waals surface area contributed by atoms with Gasteiger partial charge in [0.25, 0.3) is 11.5 Å². The molecular formula is C87H25BrIN5O2. The summed E-state index contributed by atoms with van der Waals surface area (Å²) >= 11 is 3.52. The molecule has 96 heavy (non-hydrogen) atoms. The van der Waals surface area contributed by atoms with Gasteiger partial charge in [0.15, 0.2) is 0 Å². The predicted molar refractivity (Wildman–Crippen MR) is 395 cm³/mol. The average molecular weight is 1380 g/mol. The second-order valence-electron chi connectivity index (χ2n) is 32.7. The van der Waals surface area contributed by atoms with Crippen molar-refractivity contribution in [1.82, 2.24) is 15.0 Å². The molecule has 1 unspecified atom stereocenters. The molecule has 2 heterocycles. The van der Waals surface area contributed by atoms with Gasteiger partial charge in [-0.05, 0) is 368 Å². The number of likely N-dealkylation sites (tertiary alicyclic amines) is 1. The van der Waals surface area contributed by atoms with Gasteiger partial charge >= 0.3 is 0 Å². The summed E-state index contributed by atoms with van der Waals surface area (Å²) in [4.78, 5) is 32.4. The van der Waals surface area contributed by atoms with Gasteiger partial charge in [-0.25, -0.2) is 10.4 Å². The Kier molecular flexibility index (Phi) is 4.83. The van der Waals surface area contributed by atoms with Crippen molar-refractivity contribution < 1.29 is 33.3 Å². The lowest BCUT2D eigenvalue weighted by molar-refractivity contribution is -0.911. The molecule has 7 nitrogen and oxygen atoms in total. The molecule has 32 aromatic rings. The van der Waals surface area contributed by atoms with Crippen LogP contribution in [-0.2, 0) is 10.8 Å². The van der Waals surface area contributed by atoms with Crippen molar-refractivity contribution in [2.24, 2.45) is 5.10 Å². The molecule has 1 saturated heterocycles. The number of carbonyl (C=O) groups excluding carboxylic acids is 1. The Labute approximate surface area is 555 Å². The van der Waals surface area contributed by atoms with Gasteiger partial charge in [-0.2, -0.15) is 5.10 Å². The van der Waals surface area contributed by atoms with Crippen molar-refractivity contribution in [3.63, 3.8) is 0 Å². The number of aromatic nitrogens is 2. The number of hydrogen-bond acceptors (Lipinski definition) is 4. The molecule has 0 bridgehead atoms. The minimum atomic E-state index is -0.449. The molecule has 1 atom stereocenters. The fourth-order valence-corrected chi connectivity index (χ4v) is 29.8. The molecule has 2 spiro atoms. The molecular weight excluding hydrogens is 1350 g/mol. The molecule has 1 N–H and O–H groups in total. The first-order chi connectivity index (χ1) is 46.7. The van der Waals surface area contributed by atoms with Crippen LogP contribution in [0.15, 0.2) is 81.1 Å². The predicted octanol–water partition coefficient (Wildman–Crippen LogP) is 17.7. The van der Waals surface area contributed by atoms with E-state index < -0.39 is 5.41 Å². The van der Waals surface area contributed by atoms with Crippen LogP contribution in [0.25, 0.3) is 307 Å². The van der Waals surface area contributed by atoms with Crippen LogP contribution in [0.3, 0.4) is 0 Å². The van der Waals surface area contributed by atoms with Gasteiger partial charge in [-0.1, -0.05) is 40.2 Å². The van der Waals surface area contributed by atoms with E-state index in [1.807, 2.05) is 19.1 Å². The molecule has 1 aromatic heterocycles. The number of benzene rings is 21. The normalized spacial score (nSPS) is 20.9. The van der Waals surface area contributed by atoms with Crippen molar-refractivity contribution in [1.29, 1.82) is 0 Å². The Bertz CT molecular complexity index is 9030. The van der Waals surface area contributed by atoms with Crippen molar-refractivity contribution >= 4 is 330 Å². The summed E-state index contributed by atoms with van der Waals surface area (Å²) in [5, 5.41) is 93.0. The highest BCUT2D eigenvalue weighted by atomic mass is 127. The number of aryl methyl sites for hydroxylation is 1. The number of amides is 1. The standard InChI is InChI=1S/C87H24BrN5O2.HI/c1-17-90-24-13-10-21(88)14-23(24)85(95)92(17)22-11-8-20(9-12-22)84(94)91-89-15-18-4-6-19(7-5-18)83-87-81-75-69-59-47-39-31-27-25-26-29-33(31)41(47)51-45-37(29)38-30(26)34-32-28(25)36-35(27)43-49(39)57-63-53(43)54-44(36)50-40(32)48-42(34)52-46(38)56-55(45)67(61(51)69)77(81)78-68(56)62(52)70-60(48)66-58(50)64(54)72-71(63)79(73(75)65(57)59)86(87,16-93(83,2)3)80(72)74(66)76(70)82(78)87;/h4-15,83H,16H2,1-3H3;1H/b89-15+;. The molecule has 1 fully saturated rings. The maximum Gasteiger partial charge on any atom is 0.271 e. The lowest BCUT2D eigenvalue weighted by Crippen LogP contribution is -3.00. The number of carbonyl (C=O) groups is 1. The average Bonchev–Trinajstić information content (AvgIpc) is 1.38. The summed E-state index contributed by atoms with van der Waals surface area (Å²) in [6.45, 7) is 2.84. The first-order valence-electron chi connectivity index (χ1n) is 34.0. The highest BCUT2D eigenvalue weighted by molar-refractivity contribution is 9.10. The van der Waals surface area contributed by atoms with Crippen molar-refractivity contribution in [3.8, 4) is 5.69 Å². The molecule has 37 rings (SSSR count). The topological polar surface area (TPSA) is 76.3 Å². The third-order valence-electron chi connectivity index (χ3n) is 30.3. The number of quaternary nitrogens is 1. The van der Waals surface area contributed by atoms with Gasteiger partial charge in [0.2, 0.25) is 0 Å². The number of rotatable bonds is 5. The fourth-order valence-electron chi connectivity index (χ4n) is 29.5. The molecule has 9 heteroatoms. The molecule has 5 aliphatic rings. The Morgan fingerprint density at radius 3 is 1.14 bits per heavy atom. The largest absolute Gasteiger partial charge is 1.00 e. The zero-order valence-electron chi connectivity index (χ0n) is 50.1. The lowest BCUT2D eigenvalue weighted by atomic mass is 9.47. The third-order valence-corrected chi connectivity index (χ3v) is 30.8. The highest BCUT2D eigenvalue weighted by Gasteiger charge is 2.80. The number of hydrogen-bond donors (Lipinski definition) is 1. The minimum Gasteiger partial charge on any atom is -1.00 e. The van der Waals surface area contributed by atoms with Crippen LogP contribution < -0.4 is 35.0 Å². The van der Waals surface area contributed by atoms with Crippen molar-refractivity contribution in [3.05, 3.63) is 126 Å². The first kappa shape index (κ1) is 42.8. The summed E-state index contributed by atoms with van der Waals surface area (Å²) in [5.41, 5.74) is 12.8. The van der Waals surface area contributed by atoms with Gasteiger partial charge < -0.3 is 28.5 Å². The summed E-state index contributed by atoms with van der Waals surface area (Å²) < 4.78 is 3.26. The maximum absolute atomic E-state index is 13.9. The smallest absolute Gasteiger partial charge is 0.271 e. The van der Waals surface area contributed by atoms with E-state index in [0.717, 1.165) is 21.1 Å². The third kappa shape index (κ3) is 2.84. The van der Waals surface area contributed by atoms with Crippen LogP contribution in [0.4, 0.5) is 0 Å². The first-order valence-corrected chi connectivity index (χ1v) is 34.8. The zero-order valence-corrected chi connectivity index (χ0v) is 53.8. The molecule has 1 amide bonds. The summed E-state index contributed by atoms with van der Waals surface area (Å²) in [5.74, 6) is 0.254. The van der Waals surface area contributed by atoms with Crippen LogP contribution in [0.2, 0.25) is 0 Å². The maximum atomic E-state index is 13.9. The molecule has 424 valence electrons. The van der Waals surface area contributed by atoms with E-state index >= 15 is 0 Å². The van der Waals surface area contributed by atoms with E-state index in [1.165, 1.54) is 5.56 Å².